The van der Waals surface area contributed by atoms with Crippen molar-refractivity contribution < 1.29 is 22.7 Å². The van der Waals surface area contributed by atoms with Crippen molar-refractivity contribution in [2.75, 3.05) is 5.32 Å². The van der Waals surface area contributed by atoms with Gasteiger partial charge in [0.15, 0.2) is 0 Å². The van der Waals surface area contributed by atoms with E-state index in [1.807, 2.05) is 0 Å². The van der Waals surface area contributed by atoms with Gasteiger partial charge in [0.25, 0.3) is 0 Å². The van der Waals surface area contributed by atoms with Gasteiger partial charge in [0.05, 0.1) is 10.4 Å². The Morgan fingerprint density at radius 2 is 1.86 bits per heavy atom. The maximum Gasteiger partial charge on any atom is 0.573 e. The van der Waals surface area contributed by atoms with Crippen LogP contribution in [0.3, 0.4) is 0 Å². The third kappa shape index (κ3) is 4.59. The predicted octanol–water partition coefficient (Wildman–Crippen LogP) is 3.23. The van der Waals surface area contributed by atoms with Crippen LogP contribution < -0.4 is 15.8 Å². The van der Waals surface area contributed by atoms with Gasteiger partial charge in [0.1, 0.15) is 5.75 Å². The molecule has 0 aliphatic heterocycles. The molecule has 0 spiro atoms. The van der Waals surface area contributed by atoms with E-state index in [0.29, 0.717) is 12.1 Å². The van der Waals surface area contributed by atoms with Gasteiger partial charge in [-0.15, -0.1) is 13.2 Å². The van der Waals surface area contributed by atoms with Crippen LogP contribution in [0.4, 0.5) is 18.9 Å². The van der Waals surface area contributed by atoms with Gasteiger partial charge in [0, 0.05) is 5.69 Å². The Hall–Kier alpha value is -1.83. The molecule has 0 saturated carbocycles. The number of benzene rings is 1. The third-order valence-electron chi connectivity index (χ3n) is 3.10. The van der Waals surface area contributed by atoms with E-state index in [9.17, 15) is 18.0 Å². The summed E-state index contributed by atoms with van der Waals surface area (Å²) in [6.07, 6.45) is -4.35. The zero-order chi connectivity index (χ0) is 16.3. The minimum absolute atomic E-state index is 0.0551. The van der Waals surface area contributed by atoms with Crippen LogP contribution >= 0.6 is 12.2 Å². The van der Waals surface area contributed by atoms with Gasteiger partial charge in [-0.25, -0.2) is 0 Å². The van der Waals surface area contributed by atoms with Crippen molar-refractivity contribution in [2.24, 2.45) is 11.1 Å². The lowest BCUT2D eigenvalue weighted by atomic mass is 9.86. The lowest BCUT2D eigenvalue weighted by Gasteiger charge is -2.25. The SMILES string of the molecule is CCC(C)(C(=O)Nc1ccc(OC(F)(F)F)cc1)C(N)=S. The molecule has 0 fully saturated rings. The number of alkyl halides is 3. The molecule has 0 radical (unpaired) electrons. The van der Waals surface area contributed by atoms with Crippen LogP contribution in [-0.2, 0) is 4.79 Å². The van der Waals surface area contributed by atoms with E-state index in [1.54, 1.807) is 13.8 Å². The van der Waals surface area contributed by atoms with Crippen molar-refractivity contribution in [2.45, 2.75) is 26.6 Å². The summed E-state index contributed by atoms with van der Waals surface area (Å²) in [7, 11) is 0. The largest absolute Gasteiger partial charge is 0.573 e. The normalized spacial score (nSPS) is 14.1. The number of nitrogens with one attached hydrogen (secondary N) is 1. The number of thiocarbonyl (C=S) groups is 1. The van der Waals surface area contributed by atoms with Gasteiger partial charge in [-0.1, -0.05) is 19.1 Å². The molecule has 1 unspecified atom stereocenters. The lowest BCUT2D eigenvalue weighted by Crippen LogP contribution is -2.43. The Bertz CT molecular complexity index is 531. The van der Waals surface area contributed by atoms with E-state index in [2.05, 4.69) is 10.1 Å². The number of carbonyl (C=O) groups is 1. The zero-order valence-corrected chi connectivity index (χ0v) is 12.3. The number of rotatable bonds is 5. The van der Waals surface area contributed by atoms with Crippen molar-refractivity contribution in [3.8, 4) is 5.75 Å². The fraction of sp³-hybridized carbons (Fsp3) is 0.385. The van der Waals surface area contributed by atoms with E-state index < -0.39 is 17.7 Å². The molecule has 1 aromatic carbocycles. The van der Waals surface area contributed by atoms with Crippen molar-refractivity contribution in [3.05, 3.63) is 24.3 Å². The first-order chi connectivity index (χ1) is 9.58. The molecule has 3 N–H and O–H groups in total. The molecule has 0 bridgehead atoms. The van der Waals surface area contributed by atoms with E-state index in [0.717, 1.165) is 12.1 Å². The molecule has 4 nitrogen and oxygen atoms in total. The Kier molecular flexibility index (Phi) is 5.16. The monoisotopic (exact) mass is 320 g/mol. The molecule has 1 atom stereocenters. The summed E-state index contributed by atoms with van der Waals surface area (Å²) in [5.41, 5.74) is 4.86. The average molecular weight is 320 g/mol. The first kappa shape index (κ1) is 17.2. The summed E-state index contributed by atoms with van der Waals surface area (Å²) in [6, 6.07) is 4.81. The van der Waals surface area contributed by atoms with Gasteiger partial charge in [-0.3, -0.25) is 4.79 Å². The Labute approximate surface area is 125 Å². The van der Waals surface area contributed by atoms with Gasteiger partial charge >= 0.3 is 6.36 Å². The second kappa shape index (κ2) is 6.30. The van der Waals surface area contributed by atoms with Gasteiger partial charge in [-0.05, 0) is 37.6 Å². The molecule has 0 aromatic heterocycles. The summed E-state index contributed by atoms with van der Waals surface area (Å²) >= 11 is 4.87. The molecule has 116 valence electrons. The Morgan fingerprint density at radius 1 is 1.33 bits per heavy atom. The average Bonchev–Trinajstić information content (AvgIpc) is 2.38. The first-order valence-electron chi connectivity index (χ1n) is 6.05. The molecule has 1 rings (SSSR count). The molecule has 0 heterocycles. The summed E-state index contributed by atoms with van der Waals surface area (Å²) in [5.74, 6) is -0.782. The van der Waals surface area contributed by atoms with Crippen molar-refractivity contribution in [1.82, 2.24) is 0 Å². The molecule has 0 aliphatic carbocycles. The van der Waals surface area contributed by atoms with Gasteiger partial charge < -0.3 is 15.8 Å². The van der Waals surface area contributed by atoms with E-state index in [-0.39, 0.29) is 10.7 Å². The second-order valence-electron chi connectivity index (χ2n) is 4.58. The van der Waals surface area contributed by atoms with E-state index in [4.69, 9.17) is 18.0 Å². The molecule has 8 heteroatoms. The van der Waals surface area contributed by atoms with Crippen LogP contribution in [0.5, 0.6) is 5.75 Å². The minimum Gasteiger partial charge on any atom is -0.406 e. The van der Waals surface area contributed by atoms with Crippen molar-refractivity contribution in [3.63, 3.8) is 0 Å². The number of halogens is 3. The van der Waals surface area contributed by atoms with Crippen LogP contribution in [0, 0.1) is 5.41 Å². The number of nitrogens with two attached hydrogens (primary N) is 1. The number of hydrogen-bond donors (Lipinski definition) is 2. The molecule has 1 amide bonds. The highest BCUT2D eigenvalue weighted by Gasteiger charge is 2.34. The fourth-order valence-electron chi connectivity index (χ4n) is 1.46. The molecule has 1 aromatic rings. The maximum absolute atomic E-state index is 12.1. The molecular weight excluding hydrogens is 305 g/mol. The van der Waals surface area contributed by atoms with E-state index >= 15 is 0 Å². The standard InChI is InChI=1S/C13H15F3N2O2S/c1-3-12(2,10(17)21)11(19)18-8-4-6-9(7-5-8)20-13(14,15)16/h4-7H,3H2,1-2H3,(H2,17,21)(H,18,19). The van der Waals surface area contributed by atoms with E-state index in [1.165, 1.54) is 12.1 Å². The van der Waals surface area contributed by atoms with Crippen molar-refractivity contribution >= 4 is 28.8 Å². The van der Waals surface area contributed by atoms with Gasteiger partial charge in [0.2, 0.25) is 5.91 Å². The van der Waals surface area contributed by atoms with Crippen LogP contribution in [0.15, 0.2) is 24.3 Å². The fourth-order valence-corrected chi connectivity index (χ4v) is 1.69. The molecule has 0 aliphatic rings. The number of carbonyl (C=O) groups excluding carboxylic acids is 1. The van der Waals surface area contributed by atoms with Gasteiger partial charge in [-0.2, -0.15) is 0 Å². The molecule has 0 saturated heterocycles. The first-order valence-corrected chi connectivity index (χ1v) is 6.46. The number of amides is 1. The van der Waals surface area contributed by atoms with Crippen molar-refractivity contribution in [1.29, 1.82) is 0 Å². The topological polar surface area (TPSA) is 64.3 Å². The summed E-state index contributed by atoms with van der Waals surface area (Å²) in [4.78, 5) is 12.2. The number of ether oxygens (including phenoxy) is 1. The highest BCUT2D eigenvalue weighted by Crippen LogP contribution is 2.26. The Balaban J connectivity index is 2.81. The molecular formula is C13H15F3N2O2S. The number of hydrogen-bond acceptors (Lipinski definition) is 3. The van der Waals surface area contributed by atoms with Crippen LogP contribution in [-0.4, -0.2) is 17.3 Å². The zero-order valence-electron chi connectivity index (χ0n) is 11.5. The lowest BCUT2D eigenvalue weighted by molar-refractivity contribution is -0.274. The predicted molar refractivity (Wildman–Crippen MR) is 76.9 cm³/mol. The third-order valence-corrected chi connectivity index (χ3v) is 3.55. The van der Waals surface area contributed by atoms with Crippen LogP contribution in [0.2, 0.25) is 0 Å². The summed E-state index contributed by atoms with van der Waals surface area (Å²) in [6.45, 7) is 3.37. The smallest absolute Gasteiger partial charge is 0.406 e. The quantitative estimate of drug-likeness (QED) is 0.818. The summed E-state index contributed by atoms with van der Waals surface area (Å²) < 4.78 is 39.8. The second-order valence-corrected chi connectivity index (χ2v) is 5.02. The Morgan fingerprint density at radius 3 is 2.24 bits per heavy atom. The molecule has 21 heavy (non-hydrogen) atoms. The summed E-state index contributed by atoms with van der Waals surface area (Å²) in [5, 5.41) is 2.56. The minimum atomic E-state index is -4.75. The highest BCUT2D eigenvalue weighted by molar-refractivity contribution is 7.80. The number of anilines is 1. The highest BCUT2D eigenvalue weighted by atomic mass is 32.1. The maximum atomic E-state index is 12.1. The van der Waals surface area contributed by atoms with Crippen LogP contribution in [0.25, 0.3) is 0 Å². The van der Waals surface area contributed by atoms with Crippen LogP contribution in [0.1, 0.15) is 20.3 Å².